The number of anilines is 2. The van der Waals surface area contributed by atoms with E-state index in [0.29, 0.717) is 29.7 Å². The standard InChI is InChI=1S/C24H20N6O3/c31-23-12-17(14-30(23)19-4-2-1-3-5-19)24(32)28-18-6-8-20(9-7-18)33-22-13-21(26-15-27-22)29-11-10-25-16-29/h1-11,13,15-17H,12,14H2,(H,28,32). The molecule has 0 radical (unpaired) electrons. The zero-order valence-electron chi connectivity index (χ0n) is 17.5. The summed E-state index contributed by atoms with van der Waals surface area (Å²) in [5.74, 6) is 0.944. The third-order valence-corrected chi connectivity index (χ3v) is 5.30. The van der Waals surface area contributed by atoms with E-state index in [1.165, 1.54) is 6.33 Å². The van der Waals surface area contributed by atoms with Crippen LogP contribution >= 0.6 is 0 Å². The van der Waals surface area contributed by atoms with E-state index in [4.69, 9.17) is 4.74 Å². The molecular formula is C24H20N6O3. The van der Waals surface area contributed by atoms with Gasteiger partial charge in [0, 0.05) is 42.8 Å². The Kier molecular flexibility index (Phi) is 5.50. The number of rotatable bonds is 6. The van der Waals surface area contributed by atoms with E-state index < -0.39 is 5.92 Å². The van der Waals surface area contributed by atoms with Crippen molar-refractivity contribution < 1.29 is 14.3 Å². The summed E-state index contributed by atoms with van der Waals surface area (Å²) in [6, 6.07) is 18.1. The van der Waals surface area contributed by atoms with Crippen LogP contribution in [0.4, 0.5) is 11.4 Å². The molecule has 1 atom stereocenters. The van der Waals surface area contributed by atoms with Gasteiger partial charge in [-0.25, -0.2) is 15.0 Å². The Morgan fingerprint density at radius 3 is 2.64 bits per heavy atom. The molecule has 0 aliphatic carbocycles. The number of carbonyl (C=O) groups excluding carboxylic acids is 2. The number of carbonyl (C=O) groups is 2. The molecule has 2 aromatic heterocycles. The number of hydrogen-bond donors (Lipinski definition) is 1. The van der Waals surface area contributed by atoms with Gasteiger partial charge in [-0.15, -0.1) is 0 Å². The van der Waals surface area contributed by atoms with Crippen molar-refractivity contribution >= 4 is 23.2 Å². The molecule has 1 saturated heterocycles. The summed E-state index contributed by atoms with van der Waals surface area (Å²) >= 11 is 0. The fourth-order valence-electron chi connectivity index (χ4n) is 3.63. The van der Waals surface area contributed by atoms with E-state index in [-0.39, 0.29) is 18.2 Å². The van der Waals surface area contributed by atoms with Crippen LogP contribution in [0.5, 0.6) is 11.6 Å². The fourth-order valence-corrected chi connectivity index (χ4v) is 3.63. The van der Waals surface area contributed by atoms with Gasteiger partial charge in [0.1, 0.15) is 24.2 Å². The first-order valence-electron chi connectivity index (χ1n) is 10.4. The molecule has 0 spiro atoms. The summed E-state index contributed by atoms with van der Waals surface area (Å²) in [5, 5.41) is 2.89. The van der Waals surface area contributed by atoms with Gasteiger partial charge < -0.3 is 15.0 Å². The van der Waals surface area contributed by atoms with Crippen molar-refractivity contribution in [2.45, 2.75) is 6.42 Å². The zero-order valence-corrected chi connectivity index (χ0v) is 17.5. The minimum Gasteiger partial charge on any atom is -0.439 e. The first-order valence-corrected chi connectivity index (χ1v) is 10.4. The molecule has 164 valence electrons. The second kappa shape index (κ2) is 8.91. The van der Waals surface area contributed by atoms with Crippen LogP contribution in [0.2, 0.25) is 0 Å². The third-order valence-electron chi connectivity index (χ3n) is 5.30. The van der Waals surface area contributed by atoms with Gasteiger partial charge in [0.15, 0.2) is 0 Å². The molecule has 9 nitrogen and oxygen atoms in total. The SMILES string of the molecule is O=C(Nc1ccc(Oc2cc(-n3ccnc3)ncn2)cc1)C1CC(=O)N(c2ccccc2)C1. The van der Waals surface area contributed by atoms with E-state index in [0.717, 1.165) is 5.69 Å². The molecule has 1 N–H and O–H groups in total. The largest absolute Gasteiger partial charge is 0.439 e. The van der Waals surface area contributed by atoms with E-state index in [9.17, 15) is 9.59 Å². The van der Waals surface area contributed by atoms with Crippen molar-refractivity contribution in [2.24, 2.45) is 5.92 Å². The predicted octanol–water partition coefficient (Wildman–Crippen LogP) is 3.45. The molecule has 0 bridgehead atoms. The number of nitrogens with one attached hydrogen (secondary N) is 1. The molecule has 4 aromatic rings. The molecule has 2 aromatic carbocycles. The van der Waals surface area contributed by atoms with Crippen LogP contribution in [0.3, 0.4) is 0 Å². The van der Waals surface area contributed by atoms with Crippen LogP contribution in [0.1, 0.15) is 6.42 Å². The molecule has 9 heteroatoms. The summed E-state index contributed by atoms with van der Waals surface area (Å²) in [5.41, 5.74) is 1.43. The molecule has 1 unspecified atom stereocenters. The normalized spacial score (nSPS) is 15.5. The number of para-hydroxylation sites is 1. The average molecular weight is 440 g/mol. The Labute approximate surface area is 189 Å². The van der Waals surface area contributed by atoms with Crippen molar-refractivity contribution in [2.75, 3.05) is 16.8 Å². The summed E-state index contributed by atoms with van der Waals surface area (Å²) in [7, 11) is 0. The van der Waals surface area contributed by atoms with Gasteiger partial charge in [0.2, 0.25) is 17.7 Å². The number of ether oxygens (including phenoxy) is 1. The van der Waals surface area contributed by atoms with Crippen molar-refractivity contribution in [3.8, 4) is 17.4 Å². The summed E-state index contributed by atoms with van der Waals surface area (Å²) in [4.78, 5) is 39.1. The highest BCUT2D eigenvalue weighted by Gasteiger charge is 2.35. The first kappa shape index (κ1) is 20.4. The van der Waals surface area contributed by atoms with Crippen molar-refractivity contribution in [3.63, 3.8) is 0 Å². The third kappa shape index (κ3) is 4.57. The molecule has 2 amide bonds. The van der Waals surface area contributed by atoms with Crippen LogP contribution in [0, 0.1) is 5.92 Å². The van der Waals surface area contributed by atoms with Crippen molar-refractivity contribution in [1.82, 2.24) is 19.5 Å². The maximum atomic E-state index is 12.7. The van der Waals surface area contributed by atoms with E-state index in [1.54, 1.807) is 58.5 Å². The van der Waals surface area contributed by atoms with Gasteiger partial charge in [-0.05, 0) is 36.4 Å². The lowest BCUT2D eigenvalue weighted by Gasteiger charge is -2.16. The van der Waals surface area contributed by atoms with Crippen LogP contribution in [-0.2, 0) is 9.59 Å². The Balaban J connectivity index is 1.20. The first-order chi connectivity index (χ1) is 16.2. The topological polar surface area (TPSA) is 102 Å². The monoisotopic (exact) mass is 440 g/mol. The molecule has 33 heavy (non-hydrogen) atoms. The molecule has 0 saturated carbocycles. The van der Waals surface area contributed by atoms with Crippen LogP contribution in [0.25, 0.3) is 5.82 Å². The molecule has 1 aliphatic heterocycles. The van der Waals surface area contributed by atoms with Gasteiger partial charge in [0.05, 0.1) is 5.92 Å². The Morgan fingerprint density at radius 2 is 1.88 bits per heavy atom. The molecule has 1 fully saturated rings. The smallest absolute Gasteiger partial charge is 0.229 e. The zero-order chi connectivity index (χ0) is 22.6. The Morgan fingerprint density at radius 1 is 1.06 bits per heavy atom. The summed E-state index contributed by atoms with van der Waals surface area (Å²) in [6.45, 7) is 0.364. The van der Waals surface area contributed by atoms with Gasteiger partial charge in [0.25, 0.3) is 0 Å². The fraction of sp³-hybridized carbons (Fsp3) is 0.125. The number of amides is 2. The maximum Gasteiger partial charge on any atom is 0.229 e. The van der Waals surface area contributed by atoms with Crippen molar-refractivity contribution in [3.05, 3.63) is 85.7 Å². The minimum absolute atomic E-state index is 0.0509. The number of benzene rings is 2. The number of nitrogens with zero attached hydrogens (tertiary/aromatic N) is 5. The highest BCUT2D eigenvalue weighted by molar-refractivity contribution is 6.03. The van der Waals surface area contributed by atoms with Crippen LogP contribution in [-0.4, -0.2) is 37.9 Å². The molecule has 1 aliphatic rings. The van der Waals surface area contributed by atoms with Gasteiger partial charge in [-0.1, -0.05) is 18.2 Å². The van der Waals surface area contributed by atoms with Gasteiger partial charge in [-0.3, -0.25) is 14.2 Å². The minimum atomic E-state index is -0.406. The lowest BCUT2D eigenvalue weighted by molar-refractivity contribution is -0.122. The second-order valence-electron chi connectivity index (χ2n) is 7.54. The van der Waals surface area contributed by atoms with Crippen LogP contribution < -0.4 is 15.0 Å². The van der Waals surface area contributed by atoms with E-state index >= 15 is 0 Å². The lowest BCUT2D eigenvalue weighted by Crippen LogP contribution is -2.28. The molecule has 3 heterocycles. The quantitative estimate of drug-likeness (QED) is 0.493. The van der Waals surface area contributed by atoms with Gasteiger partial charge >= 0.3 is 0 Å². The number of aromatic nitrogens is 4. The highest BCUT2D eigenvalue weighted by atomic mass is 16.5. The summed E-state index contributed by atoms with van der Waals surface area (Å²) < 4.78 is 7.55. The maximum absolute atomic E-state index is 12.7. The van der Waals surface area contributed by atoms with E-state index in [2.05, 4.69) is 20.3 Å². The Hall–Kier alpha value is -4.53. The average Bonchev–Trinajstić information content (AvgIpc) is 3.51. The highest BCUT2D eigenvalue weighted by Crippen LogP contribution is 2.27. The van der Waals surface area contributed by atoms with Crippen molar-refractivity contribution in [1.29, 1.82) is 0 Å². The number of hydrogen-bond acceptors (Lipinski definition) is 6. The number of imidazole rings is 1. The second-order valence-corrected chi connectivity index (χ2v) is 7.54. The molecular weight excluding hydrogens is 420 g/mol. The summed E-state index contributed by atoms with van der Waals surface area (Å²) in [6.07, 6.45) is 6.69. The van der Waals surface area contributed by atoms with E-state index in [1.807, 2.05) is 30.3 Å². The van der Waals surface area contributed by atoms with Crippen LogP contribution in [0.15, 0.2) is 85.7 Å². The van der Waals surface area contributed by atoms with Gasteiger partial charge in [-0.2, -0.15) is 0 Å². The molecule has 5 rings (SSSR count). The lowest BCUT2D eigenvalue weighted by atomic mass is 10.1. The predicted molar refractivity (Wildman–Crippen MR) is 121 cm³/mol. The Bertz CT molecular complexity index is 1260.